The van der Waals surface area contributed by atoms with Crippen molar-refractivity contribution in [3.8, 4) is 11.3 Å². The molecule has 0 bridgehead atoms. The topological polar surface area (TPSA) is 55.1 Å². The van der Waals surface area contributed by atoms with Crippen molar-refractivity contribution < 1.29 is 9.32 Å². The van der Waals surface area contributed by atoms with E-state index in [1.165, 1.54) is 16.9 Å². The zero-order valence-electron chi connectivity index (χ0n) is 14.0. The van der Waals surface area contributed by atoms with Crippen molar-refractivity contribution in [3.05, 3.63) is 75.8 Å². The van der Waals surface area contributed by atoms with Crippen molar-refractivity contribution in [2.75, 3.05) is 0 Å². The number of aromatic nitrogens is 1. The van der Waals surface area contributed by atoms with Crippen molar-refractivity contribution in [1.29, 1.82) is 0 Å². The first kappa shape index (κ1) is 16.8. The Hall–Kier alpha value is -2.63. The number of carbonyl (C=O) groups excluding carboxylic acids is 1. The van der Waals surface area contributed by atoms with Gasteiger partial charge in [0.2, 0.25) is 0 Å². The van der Waals surface area contributed by atoms with Crippen LogP contribution < -0.4 is 5.32 Å². The van der Waals surface area contributed by atoms with Crippen molar-refractivity contribution in [1.82, 2.24) is 10.5 Å². The number of amides is 1. The number of halogens is 1. The third-order valence-electron chi connectivity index (χ3n) is 4.07. The molecule has 0 aliphatic carbocycles. The van der Waals surface area contributed by atoms with Gasteiger partial charge in [0.05, 0.1) is 11.6 Å². The quantitative estimate of drug-likeness (QED) is 0.510. The molecule has 2 heterocycles. The number of rotatable bonds is 4. The number of hydrogen-bond donors (Lipinski definition) is 1. The van der Waals surface area contributed by atoms with Gasteiger partial charge in [0.15, 0.2) is 5.76 Å². The second-order valence-electron chi connectivity index (χ2n) is 5.97. The molecule has 0 saturated heterocycles. The molecule has 4 aromatic rings. The molecule has 26 heavy (non-hydrogen) atoms. The summed E-state index contributed by atoms with van der Waals surface area (Å²) in [5.41, 5.74) is 2.91. The van der Waals surface area contributed by atoms with Crippen LogP contribution in [0.4, 0.5) is 0 Å². The Morgan fingerprint density at radius 1 is 1.19 bits per heavy atom. The number of fused-ring (bicyclic) bond motifs is 1. The lowest BCUT2D eigenvalue weighted by Gasteiger charge is -2.00. The van der Waals surface area contributed by atoms with E-state index in [2.05, 4.69) is 10.5 Å². The van der Waals surface area contributed by atoms with Gasteiger partial charge >= 0.3 is 0 Å². The number of nitrogens with one attached hydrogen (secondary N) is 1. The van der Waals surface area contributed by atoms with Crippen molar-refractivity contribution in [2.24, 2.45) is 0 Å². The summed E-state index contributed by atoms with van der Waals surface area (Å²) in [4.78, 5) is 13.0. The SMILES string of the molecule is Cc1ccc(-c2cc(CNC(=O)c3sc4ccccc4c3Cl)on2)cc1. The van der Waals surface area contributed by atoms with Crippen LogP contribution in [0.25, 0.3) is 21.3 Å². The Morgan fingerprint density at radius 2 is 1.96 bits per heavy atom. The largest absolute Gasteiger partial charge is 0.359 e. The summed E-state index contributed by atoms with van der Waals surface area (Å²) in [6.45, 7) is 2.29. The van der Waals surface area contributed by atoms with Crippen LogP contribution in [0.1, 0.15) is 21.0 Å². The molecule has 0 saturated carbocycles. The molecular formula is C20H15ClN2O2S. The van der Waals surface area contributed by atoms with Crippen molar-refractivity contribution in [2.45, 2.75) is 13.5 Å². The fraction of sp³-hybridized carbons (Fsp3) is 0.100. The first-order valence-electron chi connectivity index (χ1n) is 8.09. The van der Waals surface area contributed by atoms with E-state index in [1.807, 2.05) is 61.5 Å². The van der Waals surface area contributed by atoms with Crippen LogP contribution in [-0.2, 0) is 6.54 Å². The van der Waals surface area contributed by atoms with Crippen LogP contribution in [0.5, 0.6) is 0 Å². The summed E-state index contributed by atoms with van der Waals surface area (Å²) < 4.78 is 6.32. The minimum Gasteiger partial charge on any atom is -0.359 e. The van der Waals surface area contributed by atoms with Gasteiger partial charge in [-0.05, 0) is 13.0 Å². The van der Waals surface area contributed by atoms with Gasteiger partial charge < -0.3 is 9.84 Å². The van der Waals surface area contributed by atoms with Crippen molar-refractivity contribution in [3.63, 3.8) is 0 Å². The summed E-state index contributed by atoms with van der Waals surface area (Å²) in [5, 5.41) is 8.29. The summed E-state index contributed by atoms with van der Waals surface area (Å²) in [7, 11) is 0. The molecule has 0 aliphatic heterocycles. The highest BCUT2D eigenvalue weighted by Gasteiger charge is 2.17. The van der Waals surface area contributed by atoms with Crippen LogP contribution in [0.15, 0.2) is 59.1 Å². The minimum absolute atomic E-state index is 0.218. The molecule has 0 radical (unpaired) electrons. The van der Waals surface area contributed by atoms with Crippen molar-refractivity contribution >= 4 is 38.9 Å². The summed E-state index contributed by atoms with van der Waals surface area (Å²) in [6, 6.07) is 17.6. The fourth-order valence-corrected chi connectivity index (χ4v) is 4.10. The Kier molecular flexibility index (Phi) is 4.49. The molecule has 2 aromatic heterocycles. The molecule has 0 spiro atoms. The molecule has 1 N–H and O–H groups in total. The lowest BCUT2D eigenvalue weighted by Crippen LogP contribution is -2.21. The van der Waals surface area contributed by atoms with Gasteiger partial charge in [0.25, 0.3) is 5.91 Å². The molecular weight excluding hydrogens is 368 g/mol. The second kappa shape index (κ2) is 6.94. The first-order valence-corrected chi connectivity index (χ1v) is 9.29. The number of aryl methyl sites for hydroxylation is 1. The smallest absolute Gasteiger partial charge is 0.263 e. The van der Waals surface area contributed by atoms with E-state index in [-0.39, 0.29) is 12.5 Å². The third kappa shape index (κ3) is 3.23. The highest BCUT2D eigenvalue weighted by molar-refractivity contribution is 7.21. The van der Waals surface area contributed by atoms with Gasteiger partial charge in [0, 0.05) is 21.7 Å². The number of thiophene rings is 1. The molecule has 4 nitrogen and oxygen atoms in total. The molecule has 130 valence electrons. The van der Waals surface area contributed by atoms with E-state index in [9.17, 15) is 4.79 Å². The van der Waals surface area contributed by atoms with E-state index >= 15 is 0 Å². The average molecular weight is 383 g/mol. The lowest BCUT2D eigenvalue weighted by molar-refractivity contribution is 0.0951. The third-order valence-corrected chi connectivity index (χ3v) is 5.74. The van der Waals surface area contributed by atoms with Gasteiger partial charge in [-0.15, -0.1) is 11.3 Å². The predicted molar refractivity (Wildman–Crippen MR) is 105 cm³/mol. The second-order valence-corrected chi connectivity index (χ2v) is 7.40. The molecule has 6 heteroatoms. The van der Waals surface area contributed by atoms with Crippen LogP contribution in [0.3, 0.4) is 0 Å². The molecule has 0 fully saturated rings. The van der Waals surface area contributed by atoms with E-state index in [1.54, 1.807) is 0 Å². The van der Waals surface area contributed by atoms with E-state index in [0.29, 0.717) is 15.7 Å². The first-order chi connectivity index (χ1) is 12.6. The van der Waals surface area contributed by atoms with Gasteiger partial charge in [0.1, 0.15) is 10.6 Å². The normalized spacial score (nSPS) is 11.0. The molecule has 2 aromatic carbocycles. The average Bonchev–Trinajstić information content (AvgIpc) is 3.26. The maximum Gasteiger partial charge on any atom is 0.263 e. The summed E-state index contributed by atoms with van der Waals surface area (Å²) >= 11 is 7.72. The summed E-state index contributed by atoms with van der Waals surface area (Å²) in [5.74, 6) is 0.371. The van der Waals surface area contributed by atoms with Gasteiger partial charge in [-0.3, -0.25) is 4.79 Å². The number of benzene rings is 2. The van der Waals surface area contributed by atoms with E-state index in [0.717, 1.165) is 21.3 Å². The van der Waals surface area contributed by atoms with Gasteiger partial charge in [-0.2, -0.15) is 0 Å². The highest BCUT2D eigenvalue weighted by Crippen LogP contribution is 2.35. The highest BCUT2D eigenvalue weighted by atomic mass is 35.5. The Morgan fingerprint density at radius 3 is 2.73 bits per heavy atom. The zero-order chi connectivity index (χ0) is 18.1. The maximum absolute atomic E-state index is 12.5. The van der Waals surface area contributed by atoms with E-state index in [4.69, 9.17) is 16.1 Å². The molecule has 4 rings (SSSR count). The van der Waals surface area contributed by atoms with E-state index < -0.39 is 0 Å². The van der Waals surface area contributed by atoms with Crippen LogP contribution in [0.2, 0.25) is 5.02 Å². The Balaban J connectivity index is 1.47. The van der Waals surface area contributed by atoms with Crippen LogP contribution >= 0.6 is 22.9 Å². The minimum atomic E-state index is -0.218. The molecule has 0 atom stereocenters. The van der Waals surface area contributed by atoms with Gasteiger partial charge in [-0.1, -0.05) is 64.8 Å². The lowest BCUT2D eigenvalue weighted by atomic mass is 10.1. The Labute approximate surface area is 159 Å². The number of hydrogen-bond acceptors (Lipinski definition) is 4. The van der Waals surface area contributed by atoms with Gasteiger partial charge in [-0.25, -0.2) is 0 Å². The molecule has 0 unspecified atom stereocenters. The zero-order valence-corrected chi connectivity index (χ0v) is 15.5. The molecule has 1 amide bonds. The Bertz CT molecular complexity index is 1080. The predicted octanol–water partition coefficient (Wildman–Crippen LogP) is 5.45. The van der Waals surface area contributed by atoms with Crippen LogP contribution in [0, 0.1) is 6.92 Å². The monoisotopic (exact) mass is 382 g/mol. The summed E-state index contributed by atoms with van der Waals surface area (Å²) in [6.07, 6.45) is 0. The number of nitrogens with zero attached hydrogens (tertiary/aromatic N) is 1. The fourth-order valence-electron chi connectivity index (χ4n) is 2.66. The maximum atomic E-state index is 12.5. The molecule has 0 aliphatic rings. The van der Waals surface area contributed by atoms with Crippen LogP contribution in [-0.4, -0.2) is 11.1 Å². The number of carbonyl (C=O) groups is 1. The standard InChI is InChI=1S/C20H15ClN2O2S/c1-12-6-8-13(9-7-12)16-10-14(25-23-16)11-22-20(24)19-18(21)15-4-2-3-5-17(15)26-19/h2-10H,11H2,1H3,(H,22,24).